The molecule has 0 aliphatic rings. The Morgan fingerprint density at radius 2 is 1.11 bits per heavy atom. The van der Waals surface area contributed by atoms with Crippen LogP contribution in [-0.4, -0.2) is 47.6 Å². The van der Waals surface area contributed by atoms with Gasteiger partial charge in [0.15, 0.2) is 6.10 Å². The average Bonchev–Trinajstić information content (AvgIpc) is 3.06. The largest absolute Gasteiger partial charge is 0.462 e. The first-order chi connectivity index (χ1) is 22.5. The van der Waals surface area contributed by atoms with Crippen molar-refractivity contribution in [1.29, 1.82) is 0 Å². The summed E-state index contributed by atoms with van der Waals surface area (Å²) in [6, 6.07) is 0. The van der Waals surface area contributed by atoms with Crippen molar-refractivity contribution in [2.45, 2.75) is 167 Å². The fraction of sp³-hybridized carbons (Fsp3) is 0.700. The number of esters is 2. The zero-order valence-corrected chi connectivity index (χ0v) is 29.4. The van der Waals surface area contributed by atoms with E-state index in [-0.39, 0.29) is 37.7 Å². The first-order valence-electron chi connectivity index (χ1n) is 18.5. The third kappa shape index (κ3) is 32.9. The van der Waals surface area contributed by atoms with Gasteiger partial charge in [-0.25, -0.2) is 0 Å². The lowest BCUT2D eigenvalue weighted by Crippen LogP contribution is -2.28. The van der Waals surface area contributed by atoms with Gasteiger partial charge in [-0.15, -0.1) is 0 Å². The quantitative estimate of drug-likeness (QED) is 0.0328. The minimum absolute atomic E-state index is 0.0980. The lowest BCUT2D eigenvalue weighted by Gasteiger charge is -2.15. The molecule has 0 heterocycles. The van der Waals surface area contributed by atoms with Gasteiger partial charge in [0, 0.05) is 12.8 Å². The maximum Gasteiger partial charge on any atom is 0.306 e. The molecule has 0 aromatic heterocycles. The summed E-state index contributed by atoms with van der Waals surface area (Å²) >= 11 is 0. The Balaban J connectivity index is 3.71. The van der Waals surface area contributed by atoms with Crippen LogP contribution in [0.5, 0.6) is 0 Å². The highest BCUT2D eigenvalue weighted by molar-refractivity contribution is 5.70. The molecular weight excluding hydrogens is 576 g/mol. The van der Waals surface area contributed by atoms with Crippen molar-refractivity contribution in [3.63, 3.8) is 0 Å². The van der Waals surface area contributed by atoms with Gasteiger partial charge in [-0.1, -0.05) is 158 Å². The highest BCUT2D eigenvalue weighted by Gasteiger charge is 2.15. The molecular formula is C40H68O6. The molecule has 0 fully saturated rings. The second kappa shape index (κ2) is 35.4. The normalized spacial score (nSPS) is 13.6. The highest BCUT2D eigenvalue weighted by Crippen LogP contribution is 2.13. The number of unbranched alkanes of at least 4 members (excludes halogenated alkanes) is 14. The third-order valence-corrected chi connectivity index (χ3v) is 7.73. The maximum atomic E-state index is 12.1. The van der Waals surface area contributed by atoms with Gasteiger partial charge in [0.1, 0.15) is 6.61 Å². The summed E-state index contributed by atoms with van der Waals surface area (Å²) in [5.41, 5.74) is 0. The predicted molar refractivity (Wildman–Crippen MR) is 193 cm³/mol. The van der Waals surface area contributed by atoms with E-state index in [1.54, 1.807) is 6.08 Å². The number of aliphatic hydroxyl groups is 2. The molecule has 46 heavy (non-hydrogen) atoms. The van der Waals surface area contributed by atoms with Crippen molar-refractivity contribution < 1.29 is 29.3 Å². The Bertz CT molecular complexity index is 841. The van der Waals surface area contributed by atoms with E-state index in [1.807, 2.05) is 19.1 Å². The van der Waals surface area contributed by atoms with Crippen LogP contribution in [0.15, 0.2) is 60.8 Å². The first-order valence-corrected chi connectivity index (χ1v) is 18.5. The Morgan fingerprint density at radius 1 is 0.609 bits per heavy atom. The standard InChI is InChI=1S/C40H68O6/c1-3-5-6-7-8-9-10-11-15-18-21-24-27-30-33-39(43)45-36-38(35-41)46-40(44)34-31-28-25-22-19-16-13-12-14-17-20-23-26-29-32-37(42)4-2/h13-14,16-17,22-23,25-26,29,32,37-38,41-42H,3-12,15,18-21,24,27-28,30-31,33-36H2,1-2H3/b16-13-,17-14-,25-22-,26-23-,32-29+/t37-,38+/m1/s1. The smallest absolute Gasteiger partial charge is 0.306 e. The summed E-state index contributed by atoms with van der Waals surface area (Å²) in [7, 11) is 0. The maximum absolute atomic E-state index is 12.1. The van der Waals surface area contributed by atoms with Gasteiger partial charge in [0.05, 0.1) is 12.7 Å². The van der Waals surface area contributed by atoms with Gasteiger partial charge in [0.25, 0.3) is 0 Å². The number of ether oxygens (including phenoxy) is 2. The number of allylic oxidation sites excluding steroid dienone is 9. The first kappa shape index (κ1) is 43.6. The van der Waals surface area contributed by atoms with Crippen LogP contribution in [0.1, 0.15) is 155 Å². The zero-order valence-electron chi connectivity index (χ0n) is 29.4. The fourth-order valence-corrected chi connectivity index (χ4v) is 4.78. The Kier molecular flexibility index (Phi) is 33.5. The van der Waals surface area contributed by atoms with Gasteiger partial charge in [-0.3, -0.25) is 9.59 Å². The lowest BCUT2D eigenvalue weighted by atomic mass is 10.0. The van der Waals surface area contributed by atoms with E-state index in [1.165, 1.54) is 70.6 Å². The molecule has 0 aromatic carbocycles. The average molecular weight is 645 g/mol. The van der Waals surface area contributed by atoms with E-state index in [4.69, 9.17) is 9.47 Å². The number of aliphatic hydroxyl groups excluding tert-OH is 2. The topological polar surface area (TPSA) is 93.1 Å². The van der Waals surface area contributed by atoms with E-state index in [9.17, 15) is 19.8 Å². The Morgan fingerprint density at radius 3 is 1.65 bits per heavy atom. The molecule has 0 bridgehead atoms. The zero-order chi connectivity index (χ0) is 33.8. The van der Waals surface area contributed by atoms with Gasteiger partial charge in [0.2, 0.25) is 0 Å². The third-order valence-electron chi connectivity index (χ3n) is 7.73. The van der Waals surface area contributed by atoms with Crippen molar-refractivity contribution in [3.8, 4) is 0 Å². The molecule has 0 saturated heterocycles. The van der Waals surface area contributed by atoms with Gasteiger partial charge in [-0.2, -0.15) is 0 Å². The minimum Gasteiger partial charge on any atom is -0.462 e. The van der Waals surface area contributed by atoms with Crippen LogP contribution in [0.25, 0.3) is 0 Å². The number of carbonyl (C=O) groups excluding carboxylic acids is 2. The van der Waals surface area contributed by atoms with Crippen LogP contribution in [0.3, 0.4) is 0 Å². The molecule has 2 N–H and O–H groups in total. The number of rotatable bonds is 32. The number of hydrogen-bond donors (Lipinski definition) is 2. The monoisotopic (exact) mass is 645 g/mol. The highest BCUT2D eigenvalue weighted by atomic mass is 16.6. The van der Waals surface area contributed by atoms with Gasteiger partial charge < -0.3 is 19.7 Å². The molecule has 0 aliphatic heterocycles. The fourth-order valence-electron chi connectivity index (χ4n) is 4.78. The summed E-state index contributed by atoms with van der Waals surface area (Å²) in [5.74, 6) is -0.680. The molecule has 0 aromatic rings. The van der Waals surface area contributed by atoms with Crippen LogP contribution < -0.4 is 0 Å². The second-order valence-electron chi connectivity index (χ2n) is 12.1. The molecule has 0 aliphatic carbocycles. The van der Waals surface area contributed by atoms with Crippen molar-refractivity contribution in [1.82, 2.24) is 0 Å². The van der Waals surface area contributed by atoms with Crippen molar-refractivity contribution in [3.05, 3.63) is 60.8 Å². The number of carbonyl (C=O) groups is 2. The molecule has 6 heteroatoms. The summed E-state index contributed by atoms with van der Waals surface area (Å²) in [6.45, 7) is 3.75. The van der Waals surface area contributed by atoms with Crippen molar-refractivity contribution in [2.24, 2.45) is 0 Å². The van der Waals surface area contributed by atoms with Crippen LogP contribution in [-0.2, 0) is 19.1 Å². The van der Waals surface area contributed by atoms with Gasteiger partial charge in [-0.05, 0) is 44.9 Å². The summed E-state index contributed by atoms with van der Waals surface area (Å²) in [5, 5.41) is 19.0. The predicted octanol–water partition coefficient (Wildman–Crippen LogP) is 10.2. The Hall–Kier alpha value is -2.44. The SMILES string of the molecule is CCCCCCCCCCCCCCCCC(=O)OC[C@H](CO)OC(=O)CCC/C=C\C/C=C\C/C=C\C/C=C\C=C\[C@H](O)CC. The molecule has 0 saturated carbocycles. The van der Waals surface area contributed by atoms with Crippen molar-refractivity contribution >= 4 is 11.9 Å². The lowest BCUT2D eigenvalue weighted by molar-refractivity contribution is -0.161. The molecule has 0 amide bonds. The molecule has 2 atom stereocenters. The Labute approximate surface area is 282 Å². The van der Waals surface area contributed by atoms with Crippen LogP contribution in [0, 0.1) is 0 Å². The molecule has 264 valence electrons. The summed E-state index contributed by atoms with van der Waals surface area (Å²) in [4.78, 5) is 24.2. The van der Waals surface area contributed by atoms with E-state index < -0.39 is 6.10 Å². The van der Waals surface area contributed by atoms with Crippen LogP contribution in [0.4, 0.5) is 0 Å². The molecule has 0 rings (SSSR count). The molecule has 0 spiro atoms. The second-order valence-corrected chi connectivity index (χ2v) is 12.1. The van der Waals surface area contributed by atoms with Crippen molar-refractivity contribution in [2.75, 3.05) is 13.2 Å². The van der Waals surface area contributed by atoms with E-state index in [2.05, 4.69) is 49.5 Å². The van der Waals surface area contributed by atoms with E-state index in [0.717, 1.165) is 51.4 Å². The van der Waals surface area contributed by atoms with Gasteiger partial charge >= 0.3 is 11.9 Å². The van der Waals surface area contributed by atoms with Crippen LogP contribution >= 0.6 is 0 Å². The molecule has 0 radical (unpaired) electrons. The van der Waals surface area contributed by atoms with E-state index in [0.29, 0.717) is 12.8 Å². The number of hydrogen-bond acceptors (Lipinski definition) is 6. The molecule has 6 nitrogen and oxygen atoms in total. The minimum atomic E-state index is -0.810. The molecule has 0 unspecified atom stereocenters. The summed E-state index contributed by atoms with van der Waals surface area (Å²) in [6.07, 6.45) is 42.3. The van der Waals surface area contributed by atoms with Crippen LogP contribution in [0.2, 0.25) is 0 Å². The summed E-state index contributed by atoms with van der Waals surface area (Å²) < 4.78 is 10.5. The van der Waals surface area contributed by atoms with E-state index >= 15 is 0 Å².